The molecule has 0 aromatic heterocycles. The molecular weight excluding hydrogens is 259 g/mol. The number of alkyl halides is 1. The van der Waals surface area contributed by atoms with Gasteiger partial charge in [0.2, 0.25) is 0 Å². The van der Waals surface area contributed by atoms with Gasteiger partial charge in [-0.3, -0.25) is 4.79 Å². The average Bonchev–Trinajstić information content (AvgIpc) is 1.85. The molecule has 0 aliphatic carbocycles. The van der Waals surface area contributed by atoms with Crippen molar-refractivity contribution in [1.29, 1.82) is 0 Å². The maximum atomic E-state index is 11.2. The lowest BCUT2D eigenvalue weighted by atomic mass is 9.97. The molecule has 0 aromatic rings. The third kappa shape index (κ3) is 2.43. The number of carbonyl (C=O) groups excluding carboxylic acids is 2. The second-order valence-corrected chi connectivity index (χ2v) is 4.97. The lowest BCUT2D eigenvalue weighted by Crippen LogP contribution is -2.48. The first-order chi connectivity index (χ1) is 4.80. The molecule has 0 aliphatic heterocycles. The molecule has 3 nitrogen and oxygen atoms in total. The highest BCUT2D eigenvalue weighted by Crippen LogP contribution is 2.22. The largest absolute Gasteiger partial charge is 0.548 e. The minimum Gasteiger partial charge on any atom is -0.548 e. The Labute approximate surface area is 79.3 Å². The summed E-state index contributed by atoms with van der Waals surface area (Å²) in [5, 5.41) is 10.4. The fourth-order valence-corrected chi connectivity index (χ4v) is 1.27. The number of ketones is 1. The zero-order valence-electron chi connectivity index (χ0n) is 6.68. The Morgan fingerprint density at radius 2 is 1.82 bits per heavy atom. The van der Waals surface area contributed by atoms with Crippen molar-refractivity contribution in [3.8, 4) is 0 Å². The van der Waals surface area contributed by atoms with Crippen LogP contribution in [0.1, 0.15) is 20.8 Å². The quantitative estimate of drug-likeness (QED) is 0.416. The van der Waals surface area contributed by atoms with Gasteiger partial charge >= 0.3 is 0 Å². The zero-order valence-corrected chi connectivity index (χ0v) is 8.84. The van der Waals surface area contributed by atoms with E-state index < -0.39 is 9.39 Å². The summed E-state index contributed by atoms with van der Waals surface area (Å²) >= 11 is 1.60. The first-order valence-corrected chi connectivity index (χ1v) is 4.32. The summed E-state index contributed by atoms with van der Waals surface area (Å²) in [6.45, 7) is 4.69. The fourth-order valence-electron chi connectivity index (χ4n) is 0.643. The normalized spacial score (nSPS) is 16.1. The summed E-state index contributed by atoms with van der Waals surface area (Å²) in [5.74, 6) is -1.90. The van der Waals surface area contributed by atoms with E-state index in [9.17, 15) is 14.7 Å². The van der Waals surface area contributed by atoms with Crippen LogP contribution < -0.4 is 5.11 Å². The molecule has 0 spiro atoms. The van der Waals surface area contributed by atoms with E-state index in [0.717, 1.165) is 0 Å². The number of aliphatic carboxylic acids is 1. The second-order valence-electron chi connectivity index (χ2n) is 2.81. The third-order valence-corrected chi connectivity index (χ3v) is 2.34. The van der Waals surface area contributed by atoms with Gasteiger partial charge in [-0.15, -0.1) is 0 Å². The van der Waals surface area contributed by atoms with Crippen molar-refractivity contribution in [1.82, 2.24) is 0 Å². The van der Waals surface area contributed by atoms with Crippen molar-refractivity contribution >= 4 is 34.3 Å². The van der Waals surface area contributed by atoms with Crippen LogP contribution in [0.4, 0.5) is 0 Å². The molecule has 0 heterocycles. The highest BCUT2D eigenvalue weighted by molar-refractivity contribution is 14.1. The lowest BCUT2D eigenvalue weighted by Gasteiger charge is -2.23. The SMILES string of the molecule is CC(C)C(=O)C(C)(I)C(=O)[O-]. The summed E-state index contributed by atoms with van der Waals surface area (Å²) < 4.78 is -1.38. The molecule has 0 rings (SSSR count). The average molecular weight is 269 g/mol. The van der Waals surface area contributed by atoms with Crippen molar-refractivity contribution in [3.05, 3.63) is 0 Å². The van der Waals surface area contributed by atoms with Crippen LogP contribution in [0.2, 0.25) is 0 Å². The van der Waals surface area contributed by atoms with Gasteiger partial charge in [0.15, 0.2) is 5.78 Å². The number of carbonyl (C=O) groups is 2. The Morgan fingerprint density at radius 1 is 1.45 bits per heavy atom. The molecule has 11 heavy (non-hydrogen) atoms. The van der Waals surface area contributed by atoms with Gasteiger partial charge in [0.1, 0.15) is 3.42 Å². The van der Waals surface area contributed by atoms with E-state index in [2.05, 4.69) is 0 Å². The Hall–Kier alpha value is -0.130. The molecule has 1 unspecified atom stereocenters. The van der Waals surface area contributed by atoms with E-state index in [1.807, 2.05) is 0 Å². The van der Waals surface area contributed by atoms with Crippen molar-refractivity contribution < 1.29 is 14.7 Å². The van der Waals surface area contributed by atoms with Crippen molar-refractivity contribution in [2.45, 2.75) is 24.2 Å². The number of hydrogen-bond acceptors (Lipinski definition) is 3. The van der Waals surface area contributed by atoms with E-state index in [4.69, 9.17) is 0 Å². The van der Waals surface area contributed by atoms with Gasteiger partial charge in [-0.2, -0.15) is 0 Å². The van der Waals surface area contributed by atoms with Crippen LogP contribution in [0, 0.1) is 5.92 Å². The van der Waals surface area contributed by atoms with Crippen LogP contribution in [-0.4, -0.2) is 15.2 Å². The maximum Gasteiger partial charge on any atom is 0.156 e. The van der Waals surface area contributed by atoms with E-state index in [1.54, 1.807) is 36.4 Å². The van der Waals surface area contributed by atoms with E-state index in [0.29, 0.717) is 0 Å². The molecule has 0 fully saturated rings. The Kier molecular flexibility index (Phi) is 3.47. The summed E-state index contributed by atoms with van der Waals surface area (Å²) in [5.41, 5.74) is 0. The number of Topliss-reactive ketones (excluding diaryl/α,β-unsaturated/α-hetero) is 1. The number of carboxylic acid groups (broad SMARTS) is 1. The predicted octanol–water partition coefficient (Wildman–Crippen LogP) is 0.155. The Balaban J connectivity index is 4.56. The summed E-state index contributed by atoms with van der Waals surface area (Å²) in [4.78, 5) is 21.6. The Bertz CT molecular complexity index is 184. The van der Waals surface area contributed by atoms with Gasteiger partial charge in [-0.25, -0.2) is 0 Å². The van der Waals surface area contributed by atoms with Gasteiger partial charge < -0.3 is 9.90 Å². The summed E-state index contributed by atoms with van der Waals surface area (Å²) in [6.07, 6.45) is 0. The Morgan fingerprint density at radius 3 is 1.91 bits per heavy atom. The van der Waals surface area contributed by atoms with Crippen LogP contribution in [0.15, 0.2) is 0 Å². The van der Waals surface area contributed by atoms with E-state index >= 15 is 0 Å². The number of hydrogen-bond donors (Lipinski definition) is 0. The van der Waals surface area contributed by atoms with Gasteiger partial charge in [0.25, 0.3) is 0 Å². The highest BCUT2D eigenvalue weighted by Gasteiger charge is 2.32. The standard InChI is InChI=1S/C7H11IO3/c1-4(2)5(9)7(3,8)6(10)11/h4H,1-3H3,(H,10,11)/p-1. The smallest absolute Gasteiger partial charge is 0.156 e. The molecule has 1 atom stereocenters. The first kappa shape index (κ1) is 10.9. The summed E-state index contributed by atoms with van der Waals surface area (Å²) in [7, 11) is 0. The van der Waals surface area contributed by atoms with Crippen LogP contribution >= 0.6 is 22.6 Å². The molecule has 0 bridgehead atoms. The van der Waals surface area contributed by atoms with Gasteiger partial charge in [-0.1, -0.05) is 36.4 Å². The minimum atomic E-state index is -1.38. The van der Waals surface area contributed by atoms with Crippen LogP contribution in [0.25, 0.3) is 0 Å². The van der Waals surface area contributed by atoms with Crippen LogP contribution in [0.3, 0.4) is 0 Å². The van der Waals surface area contributed by atoms with Gasteiger partial charge in [0, 0.05) is 5.92 Å². The highest BCUT2D eigenvalue weighted by atomic mass is 127. The fraction of sp³-hybridized carbons (Fsp3) is 0.714. The lowest BCUT2D eigenvalue weighted by molar-refractivity contribution is -0.306. The molecule has 0 amide bonds. The molecular formula is C7H10IO3-. The topological polar surface area (TPSA) is 57.2 Å². The monoisotopic (exact) mass is 269 g/mol. The first-order valence-electron chi connectivity index (χ1n) is 3.24. The molecule has 64 valence electrons. The predicted molar refractivity (Wildman–Crippen MR) is 47.3 cm³/mol. The van der Waals surface area contributed by atoms with Gasteiger partial charge in [0.05, 0.1) is 5.97 Å². The van der Waals surface area contributed by atoms with Crippen molar-refractivity contribution in [2.24, 2.45) is 5.92 Å². The van der Waals surface area contributed by atoms with Crippen molar-refractivity contribution in [2.75, 3.05) is 0 Å². The van der Waals surface area contributed by atoms with Crippen LogP contribution in [-0.2, 0) is 9.59 Å². The zero-order chi connectivity index (χ0) is 9.23. The molecule has 4 heteroatoms. The molecule has 0 N–H and O–H groups in total. The third-order valence-electron chi connectivity index (χ3n) is 1.37. The van der Waals surface area contributed by atoms with Crippen LogP contribution in [0.5, 0.6) is 0 Å². The second kappa shape index (κ2) is 3.51. The molecule has 0 saturated carbocycles. The molecule has 0 aliphatic rings. The van der Waals surface area contributed by atoms with Gasteiger partial charge in [-0.05, 0) is 6.92 Å². The van der Waals surface area contributed by atoms with E-state index in [1.165, 1.54) is 6.92 Å². The minimum absolute atomic E-state index is 0.269. The number of carboxylic acids is 1. The maximum absolute atomic E-state index is 11.2. The molecule has 0 radical (unpaired) electrons. The number of halogens is 1. The molecule has 0 saturated heterocycles. The van der Waals surface area contributed by atoms with E-state index in [-0.39, 0.29) is 11.7 Å². The summed E-state index contributed by atoms with van der Waals surface area (Å²) in [6, 6.07) is 0. The van der Waals surface area contributed by atoms with Crippen molar-refractivity contribution in [3.63, 3.8) is 0 Å². The molecule has 0 aromatic carbocycles. The number of rotatable bonds is 3.